The van der Waals surface area contributed by atoms with Gasteiger partial charge < -0.3 is 15.1 Å². The number of β-amino-alcohol motifs (C(OH)–C–C–N with tert-alkyl or cyclic N) is 1. The van der Waals surface area contributed by atoms with E-state index in [1.54, 1.807) is 0 Å². The lowest BCUT2D eigenvalue weighted by atomic mass is 9.72. The van der Waals surface area contributed by atoms with Crippen LogP contribution in [-0.2, 0) is 4.79 Å². The summed E-state index contributed by atoms with van der Waals surface area (Å²) in [5.74, 6) is -2.37. The largest absolute Gasteiger partial charge is 0.481 e. The summed E-state index contributed by atoms with van der Waals surface area (Å²) in [6.45, 7) is 1.87. The van der Waals surface area contributed by atoms with E-state index in [4.69, 9.17) is 11.6 Å². The SMILES string of the molecule is CCC[C@]1(C(=O)O)CCN(C(=O)c2ccc(Cl)cc2F)CC1O. The predicted molar refractivity (Wildman–Crippen MR) is 82.9 cm³/mol. The first-order chi connectivity index (χ1) is 10.8. The molecule has 126 valence electrons. The zero-order chi connectivity index (χ0) is 17.2. The number of benzene rings is 1. The van der Waals surface area contributed by atoms with Gasteiger partial charge in [-0.05, 0) is 31.0 Å². The quantitative estimate of drug-likeness (QED) is 0.880. The maximum absolute atomic E-state index is 13.9. The van der Waals surface area contributed by atoms with Gasteiger partial charge in [0, 0.05) is 18.1 Å². The fraction of sp³-hybridized carbons (Fsp3) is 0.500. The summed E-state index contributed by atoms with van der Waals surface area (Å²) in [5, 5.41) is 20.0. The average molecular weight is 344 g/mol. The number of rotatable bonds is 4. The van der Waals surface area contributed by atoms with E-state index in [1.165, 1.54) is 17.0 Å². The highest BCUT2D eigenvalue weighted by Crippen LogP contribution is 2.37. The molecule has 1 fully saturated rings. The fourth-order valence-electron chi connectivity index (χ4n) is 3.09. The van der Waals surface area contributed by atoms with Crippen molar-refractivity contribution in [3.63, 3.8) is 0 Å². The van der Waals surface area contributed by atoms with Gasteiger partial charge in [-0.15, -0.1) is 0 Å². The molecule has 0 bridgehead atoms. The summed E-state index contributed by atoms with van der Waals surface area (Å²) in [5.41, 5.74) is -1.38. The third-order valence-electron chi connectivity index (χ3n) is 4.43. The van der Waals surface area contributed by atoms with Crippen molar-refractivity contribution in [2.24, 2.45) is 5.41 Å². The number of carbonyl (C=O) groups excluding carboxylic acids is 1. The van der Waals surface area contributed by atoms with E-state index in [1.807, 2.05) is 6.92 Å². The van der Waals surface area contributed by atoms with Crippen LogP contribution in [0.15, 0.2) is 18.2 Å². The molecule has 2 rings (SSSR count). The normalized spacial score (nSPS) is 24.5. The Morgan fingerprint density at radius 3 is 2.70 bits per heavy atom. The molecule has 0 radical (unpaired) electrons. The van der Waals surface area contributed by atoms with E-state index >= 15 is 0 Å². The molecule has 2 N–H and O–H groups in total. The van der Waals surface area contributed by atoms with Gasteiger partial charge in [0.15, 0.2) is 0 Å². The Bertz CT molecular complexity index is 624. The minimum absolute atomic E-state index is 0.132. The van der Waals surface area contributed by atoms with Crippen LogP contribution in [0.25, 0.3) is 0 Å². The number of carboxylic acid groups (broad SMARTS) is 1. The van der Waals surface area contributed by atoms with Crippen LogP contribution in [0.4, 0.5) is 4.39 Å². The number of hydrogen-bond acceptors (Lipinski definition) is 3. The van der Waals surface area contributed by atoms with E-state index in [2.05, 4.69) is 0 Å². The van der Waals surface area contributed by atoms with Crippen LogP contribution in [0.5, 0.6) is 0 Å². The molecular formula is C16H19ClFNO4. The van der Waals surface area contributed by atoms with Gasteiger partial charge in [0.25, 0.3) is 5.91 Å². The number of hydrogen-bond donors (Lipinski definition) is 2. The molecule has 23 heavy (non-hydrogen) atoms. The number of aliphatic hydroxyl groups is 1. The second kappa shape index (κ2) is 6.84. The monoisotopic (exact) mass is 343 g/mol. The Labute approximate surface area is 138 Å². The van der Waals surface area contributed by atoms with E-state index in [0.717, 1.165) is 6.07 Å². The van der Waals surface area contributed by atoms with Gasteiger partial charge in [-0.3, -0.25) is 9.59 Å². The summed E-state index contributed by atoms with van der Waals surface area (Å²) >= 11 is 5.67. The number of carbonyl (C=O) groups is 2. The lowest BCUT2D eigenvalue weighted by Gasteiger charge is -2.42. The molecule has 1 aromatic rings. The average Bonchev–Trinajstić information content (AvgIpc) is 2.48. The first-order valence-corrected chi connectivity index (χ1v) is 7.85. The first kappa shape index (κ1) is 17.7. The highest BCUT2D eigenvalue weighted by Gasteiger charge is 2.48. The van der Waals surface area contributed by atoms with Crippen molar-refractivity contribution in [3.8, 4) is 0 Å². The van der Waals surface area contributed by atoms with Crippen molar-refractivity contribution >= 4 is 23.5 Å². The molecule has 2 atom stereocenters. The van der Waals surface area contributed by atoms with Crippen molar-refractivity contribution in [2.45, 2.75) is 32.3 Å². The van der Waals surface area contributed by atoms with Gasteiger partial charge in [0.2, 0.25) is 0 Å². The van der Waals surface area contributed by atoms with Gasteiger partial charge in [-0.1, -0.05) is 24.9 Å². The second-order valence-electron chi connectivity index (χ2n) is 5.85. The van der Waals surface area contributed by atoms with Crippen LogP contribution < -0.4 is 0 Å². The van der Waals surface area contributed by atoms with Crippen molar-refractivity contribution < 1.29 is 24.2 Å². The zero-order valence-corrected chi connectivity index (χ0v) is 13.5. The second-order valence-corrected chi connectivity index (χ2v) is 6.29. The van der Waals surface area contributed by atoms with Crippen molar-refractivity contribution in [3.05, 3.63) is 34.6 Å². The highest BCUT2D eigenvalue weighted by atomic mass is 35.5. The molecule has 1 unspecified atom stereocenters. The number of amides is 1. The van der Waals surface area contributed by atoms with Crippen LogP contribution in [-0.4, -0.2) is 46.2 Å². The minimum Gasteiger partial charge on any atom is -0.481 e. The molecule has 1 amide bonds. The van der Waals surface area contributed by atoms with E-state index in [9.17, 15) is 24.2 Å². The molecule has 0 aromatic heterocycles. The molecule has 1 aromatic carbocycles. The molecule has 0 spiro atoms. The van der Waals surface area contributed by atoms with Crippen LogP contribution in [0.2, 0.25) is 5.02 Å². The molecule has 0 saturated carbocycles. The van der Waals surface area contributed by atoms with Crippen molar-refractivity contribution in [1.29, 1.82) is 0 Å². The number of aliphatic carboxylic acids is 1. The lowest BCUT2D eigenvalue weighted by molar-refractivity contribution is -0.162. The molecule has 0 aliphatic carbocycles. The Morgan fingerprint density at radius 1 is 1.48 bits per heavy atom. The maximum Gasteiger partial charge on any atom is 0.312 e. The van der Waals surface area contributed by atoms with Gasteiger partial charge in [-0.25, -0.2) is 4.39 Å². The van der Waals surface area contributed by atoms with Gasteiger partial charge in [0.1, 0.15) is 5.82 Å². The Hall–Kier alpha value is -1.66. The summed E-state index contributed by atoms with van der Waals surface area (Å²) in [6, 6.07) is 3.75. The molecule has 1 heterocycles. The van der Waals surface area contributed by atoms with Crippen LogP contribution >= 0.6 is 11.6 Å². The fourth-order valence-corrected chi connectivity index (χ4v) is 3.25. The molecule has 7 heteroatoms. The zero-order valence-electron chi connectivity index (χ0n) is 12.8. The lowest BCUT2D eigenvalue weighted by Crippen LogP contribution is -2.56. The minimum atomic E-state index is -1.25. The topological polar surface area (TPSA) is 77.8 Å². The van der Waals surface area contributed by atoms with Crippen molar-refractivity contribution in [1.82, 2.24) is 4.90 Å². The Morgan fingerprint density at radius 2 is 2.17 bits per heavy atom. The third kappa shape index (κ3) is 3.33. The molecule has 5 nitrogen and oxygen atoms in total. The number of halogens is 2. The Kier molecular flexibility index (Phi) is 5.26. The van der Waals surface area contributed by atoms with Crippen molar-refractivity contribution in [2.75, 3.05) is 13.1 Å². The standard InChI is InChI=1S/C16H19ClFNO4/c1-2-5-16(15(22)23)6-7-19(9-13(16)20)14(21)11-4-3-10(17)8-12(11)18/h3-4,8,13,20H,2,5-7,9H2,1H3,(H,22,23)/t13?,16-/m0/s1. The number of nitrogens with zero attached hydrogens (tertiary/aromatic N) is 1. The van der Waals surface area contributed by atoms with Gasteiger partial charge in [0.05, 0.1) is 17.1 Å². The molecule has 1 aliphatic heterocycles. The summed E-state index contributed by atoms with van der Waals surface area (Å²) in [6.07, 6.45) is -0.101. The molecular weight excluding hydrogens is 325 g/mol. The molecule has 1 aliphatic rings. The summed E-state index contributed by atoms with van der Waals surface area (Å²) < 4.78 is 13.9. The smallest absolute Gasteiger partial charge is 0.312 e. The number of carboxylic acids is 1. The number of piperidine rings is 1. The van der Waals surface area contributed by atoms with E-state index in [-0.39, 0.29) is 30.1 Å². The number of aliphatic hydroxyl groups excluding tert-OH is 1. The van der Waals surface area contributed by atoms with E-state index in [0.29, 0.717) is 12.8 Å². The maximum atomic E-state index is 13.9. The number of likely N-dealkylation sites (tertiary alicyclic amines) is 1. The van der Waals surface area contributed by atoms with Gasteiger partial charge in [-0.2, -0.15) is 0 Å². The predicted octanol–water partition coefficient (Wildman–Crippen LogP) is 2.56. The highest BCUT2D eigenvalue weighted by molar-refractivity contribution is 6.30. The summed E-state index contributed by atoms with van der Waals surface area (Å²) in [4.78, 5) is 25.3. The third-order valence-corrected chi connectivity index (χ3v) is 4.66. The summed E-state index contributed by atoms with van der Waals surface area (Å²) in [7, 11) is 0. The Balaban J connectivity index is 2.19. The van der Waals surface area contributed by atoms with Crippen LogP contribution in [0, 0.1) is 11.2 Å². The first-order valence-electron chi connectivity index (χ1n) is 7.47. The molecule has 1 saturated heterocycles. The van der Waals surface area contributed by atoms with Gasteiger partial charge >= 0.3 is 5.97 Å². The van der Waals surface area contributed by atoms with Crippen LogP contribution in [0.1, 0.15) is 36.5 Å². The van der Waals surface area contributed by atoms with Crippen LogP contribution in [0.3, 0.4) is 0 Å². The van der Waals surface area contributed by atoms with E-state index < -0.39 is 29.2 Å².